The quantitative estimate of drug-likeness (QED) is 0.887. The van der Waals surface area contributed by atoms with Gasteiger partial charge in [0.05, 0.1) is 0 Å². The van der Waals surface area contributed by atoms with Gasteiger partial charge in [-0.3, -0.25) is 4.21 Å². The maximum absolute atomic E-state index is 11.4. The standard InChI is InChI=1S/C15H23NOS/c1-3-18(17)11-10-16-15-9-8-12(2)13-6-4-5-7-14(13)15/h4-7,12,15-16H,3,8-11H2,1-2H3. The highest BCUT2D eigenvalue weighted by Gasteiger charge is 2.23. The summed E-state index contributed by atoms with van der Waals surface area (Å²) in [6.07, 6.45) is 2.43. The SMILES string of the molecule is CCS(=O)CCNC1CCC(C)c2ccccc21. The van der Waals surface area contributed by atoms with Crippen molar-refractivity contribution in [3.8, 4) is 0 Å². The van der Waals surface area contributed by atoms with E-state index in [9.17, 15) is 4.21 Å². The highest BCUT2D eigenvalue weighted by atomic mass is 32.2. The van der Waals surface area contributed by atoms with E-state index >= 15 is 0 Å². The third-order valence-electron chi connectivity index (χ3n) is 3.83. The summed E-state index contributed by atoms with van der Waals surface area (Å²) in [6, 6.07) is 9.18. The summed E-state index contributed by atoms with van der Waals surface area (Å²) < 4.78 is 11.4. The molecule has 1 aromatic carbocycles. The van der Waals surface area contributed by atoms with E-state index in [0.717, 1.165) is 18.1 Å². The zero-order chi connectivity index (χ0) is 13.0. The first-order valence-electron chi connectivity index (χ1n) is 6.89. The fourth-order valence-electron chi connectivity index (χ4n) is 2.71. The Morgan fingerprint density at radius 2 is 2.00 bits per heavy atom. The third-order valence-corrected chi connectivity index (χ3v) is 5.14. The van der Waals surface area contributed by atoms with Gasteiger partial charge in [-0.25, -0.2) is 0 Å². The highest BCUT2D eigenvalue weighted by Crippen LogP contribution is 2.36. The summed E-state index contributed by atoms with van der Waals surface area (Å²) in [6.45, 7) is 5.14. The maximum Gasteiger partial charge on any atom is 0.0360 e. The Bertz CT molecular complexity index is 419. The van der Waals surface area contributed by atoms with Crippen molar-refractivity contribution in [1.29, 1.82) is 0 Å². The van der Waals surface area contributed by atoms with E-state index in [1.807, 2.05) is 6.92 Å². The van der Waals surface area contributed by atoms with Gasteiger partial charge in [-0.2, -0.15) is 0 Å². The zero-order valence-electron chi connectivity index (χ0n) is 11.3. The van der Waals surface area contributed by atoms with E-state index < -0.39 is 10.8 Å². The van der Waals surface area contributed by atoms with E-state index in [2.05, 4.69) is 36.5 Å². The van der Waals surface area contributed by atoms with Gasteiger partial charge in [0, 0.05) is 34.9 Å². The lowest BCUT2D eigenvalue weighted by Gasteiger charge is -2.30. The van der Waals surface area contributed by atoms with Crippen LogP contribution in [0.25, 0.3) is 0 Å². The average Bonchev–Trinajstić information content (AvgIpc) is 2.41. The molecule has 1 aliphatic rings. The van der Waals surface area contributed by atoms with Crippen LogP contribution in [-0.2, 0) is 10.8 Å². The minimum Gasteiger partial charge on any atom is -0.309 e. The molecule has 100 valence electrons. The molecule has 0 fully saturated rings. The number of rotatable bonds is 5. The zero-order valence-corrected chi connectivity index (χ0v) is 12.1. The number of nitrogens with one attached hydrogen (secondary N) is 1. The molecule has 0 saturated heterocycles. The van der Waals surface area contributed by atoms with Crippen molar-refractivity contribution in [2.45, 2.75) is 38.6 Å². The maximum atomic E-state index is 11.4. The molecule has 0 heterocycles. The number of fused-ring (bicyclic) bond motifs is 1. The van der Waals surface area contributed by atoms with E-state index in [1.54, 1.807) is 0 Å². The van der Waals surface area contributed by atoms with E-state index in [1.165, 1.54) is 24.0 Å². The molecule has 0 spiro atoms. The molecule has 0 saturated carbocycles. The van der Waals surface area contributed by atoms with Crippen LogP contribution in [0.4, 0.5) is 0 Å². The molecule has 18 heavy (non-hydrogen) atoms. The first-order valence-corrected chi connectivity index (χ1v) is 8.38. The van der Waals surface area contributed by atoms with Crippen molar-refractivity contribution in [3.63, 3.8) is 0 Å². The van der Waals surface area contributed by atoms with Gasteiger partial charge in [0.2, 0.25) is 0 Å². The summed E-state index contributed by atoms with van der Waals surface area (Å²) in [4.78, 5) is 0. The van der Waals surface area contributed by atoms with Gasteiger partial charge in [-0.1, -0.05) is 38.1 Å². The average molecular weight is 265 g/mol. The van der Waals surface area contributed by atoms with Crippen LogP contribution in [0.5, 0.6) is 0 Å². The Morgan fingerprint density at radius 3 is 2.72 bits per heavy atom. The topological polar surface area (TPSA) is 29.1 Å². The molecule has 2 nitrogen and oxygen atoms in total. The summed E-state index contributed by atoms with van der Waals surface area (Å²) in [7, 11) is -0.659. The summed E-state index contributed by atoms with van der Waals surface area (Å²) in [5.74, 6) is 2.20. The Balaban J connectivity index is 1.98. The molecular weight excluding hydrogens is 242 g/mol. The lowest BCUT2D eigenvalue weighted by atomic mass is 9.81. The van der Waals surface area contributed by atoms with E-state index in [4.69, 9.17) is 0 Å². The van der Waals surface area contributed by atoms with Crippen molar-refractivity contribution in [2.24, 2.45) is 0 Å². The van der Waals surface area contributed by atoms with Crippen molar-refractivity contribution >= 4 is 10.8 Å². The molecule has 2 rings (SSSR count). The van der Waals surface area contributed by atoms with Crippen LogP contribution in [0.1, 0.15) is 49.8 Å². The van der Waals surface area contributed by atoms with Gasteiger partial charge in [0.25, 0.3) is 0 Å². The van der Waals surface area contributed by atoms with Crippen LogP contribution in [-0.4, -0.2) is 22.3 Å². The predicted molar refractivity (Wildman–Crippen MR) is 78.4 cm³/mol. The minimum absolute atomic E-state index is 0.450. The van der Waals surface area contributed by atoms with Crippen LogP contribution in [0, 0.1) is 0 Å². The van der Waals surface area contributed by atoms with Crippen molar-refractivity contribution in [2.75, 3.05) is 18.1 Å². The smallest absolute Gasteiger partial charge is 0.0360 e. The Labute approximate surface area is 113 Å². The molecule has 1 N–H and O–H groups in total. The third kappa shape index (κ3) is 3.21. The van der Waals surface area contributed by atoms with E-state index in [0.29, 0.717) is 12.0 Å². The molecule has 0 bridgehead atoms. The normalized spacial score (nSPS) is 24.6. The molecule has 0 aliphatic heterocycles. The van der Waals surface area contributed by atoms with Crippen molar-refractivity contribution in [3.05, 3.63) is 35.4 Å². The molecule has 1 aliphatic carbocycles. The first kappa shape index (κ1) is 13.8. The number of hydrogen-bond donors (Lipinski definition) is 1. The van der Waals surface area contributed by atoms with Crippen LogP contribution in [0.2, 0.25) is 0 Å². The Morgan fingerprint density at radius 1 is 1.28 bits per heavy atom. The van der Waals surface area contributed by atoms with Gasteiger partial charge in [0.15, 0.2) is 0 Å². The largest absolute Gasteiger partial charge is 0.309 e. The molecule has 3 atom stereocenters. The summed E-state index contributed by atoms with van der Waals surface area (Å²) >= 11 is 0. The fraction of sp³-hybridized carbons (Fsp3) is 0.600. The molecule has 0 aromatic heterocycles. The number of hydrogen-bond acceptors (Lipinski definition) is 2. The Kier molecular flexibility index (Phi) is 4.95. The second kappa shape index (κ2) is 6.48. The van der Waals surface area contributed by atoms with Gasteiger partial charge in [-0.05, 0) is 29.9 Å². The summed E-state index contributed by atoms with van der Waals surface area (Å²) in [5.41, 5.74) is 2.93. The Hall–Kier alpha value is -0.670. The first-order chi connectivity index (χ1) is 8.72. The minimum atomic E-state index is -0.659. The van der Waals surface area contributed by atoms with Crippen molar-refractivity contribution in [1.82, 2.24) is 5.32 Å². The van der Waals surface area contributed by atoms with Gasteiger partial charge < -0.3 is 5.32 Å². The van der Waals surface area contributed by atoms with Gasteiger partial charge in [0.1, 0.15) is 0 Å². The fourth-order valence-corrected chi connectivity index (χ4v) is 3.34. The predicted octanol–water partition coefficient (Wildman–Crippen LogP) is 2.98. The van der Waals surface area contributed by atoms with Crippen molar-refractivity contribution < 1.29 is 4.21 Å². The van der Waals surface area contributed by atoms with E-state index in [-0.39, 0.29) is 0 Å². The van der Waals surface area contributed by atoms with Crippen LogP contribution >= 0.6 is 0 Å². The second-order valence-electron chi connectivity index (χ2n) is 5.05. The highest BCUT2D eigenvalue weighted by molar-refractivity contribution is 7.84. The lowest BCUT2D eigenvalue weighted by Crippen LogP contribution is -2.29. The number of benzene rings is 1. The lowest BCUT2D eigenvalue weighted by molar-refractivity contribution is 0.442. The van der Waals surface area contributed by atoms with Crippen LogP contribution in [0.15, 0.2) is 24.3 Å². The second-order valence-corrected chi connectivity index (χ2v) is 6.91. The molecule has 0 amide bonds. The monoisotopic (exact) mass is 265 g/mol. The molecule has 3 heteroatoms. The molecule has 1 aromatic rings. The molecule has 3 unspecified atom stereocenters. The van der Waals surface area contributed by atoms with Crippen LogP contribution in [0.3, 0.4) is 0 Å². The van der Waals surface area contributed by atoms with Gasteiger partial charge >= 0.3 is 0 Å². The molecule has 0 radical (unpaired) electrons. The molecular formula is C15H23NOS. The van der Waals surface area contributed by atoms with Crippen LogP contribution < -0.4 is 5.32 Å². The van der Waals surface area contributed by atoms with Gasteiger partial charge in [-0.15, -0.1) is 0 Å². The summed E-state index contributed by atoms with van der Waals surface area (Å²) in [5, 5.41) is 3.57.